The van der Waals surface area contributed by atoms with Crippen molar-refractivity contribution in [3.05, 3.63) is 12.0 Å². The molecule has 0 aliphatic carbocycles. The van der Waals surface area contributed by atoms with Gasteiger partial charge in [-0.05, 0) is 6.42 Å². The lowest BCUT2D eigenvalue weighted by molar-refractivity contribution is -0.118. The fourth-order valence-corrected chi connectivity index (χ4v) is 1.08. The van der Waals surface area contributed by atoms with Gasteiger partial charge >= 0.3 is 0 Å². The number of rotatable bonds is 6. The fourth-order valence-electron chi connectivity index (χ4n) is 1.08. The van der Waals surface area contributed by atoms with Gasteiger partial charge in [0.1, 0.15) is 0 Å². The van der Waals surface area contributed by atoms with Crippen LogP contribution in [0.3, 0.4) is 0 Å². The Labute approximate surface area is 92.5 Å². The van der Waals surface area contributed by atoms with Crippen LogP contribution in [0, 0.1) is 5.82 Å². The third kappa shape index (κ3) is 3.68. The molecule has 6 nitrogen and oxygen atoms in total. The van der Waals surface area contributed by atoms with Crippen LogP contribution in [0.25, 0.3) is 0 Å². The lowest BCUT2D eigenvalue weighted by atomic mass is 10.3. The minimum Gasteiger partial charge on any atom is -0.370 e. The normalized spacial score (nSPS) is 9.88. The second kappa shape index (κ2) is 5.84. The van der Waals surface area contributed by atoms with Crippen molar-refractivity contribution in [3.63, 3.8) is 0 Å². The number of carbonyl (C=O) groups is 1. The van der Waals surface area contributed by atoms with Crippen molar-refractivity contribution in [1.29, 1.82) is 0 Å². The van der Waals surface area contributed by atoms with E-state index in [1.54, 1.807) is 7.05 Å². The van der Waals surface area contributed by atoms with E-state index in [-0.39, 0.29) is 18.1 Å². The molecule has 88 valence electrons. The van der Waals surface area contributed by atoms with Crippen LogP contribution in [0.5, 0.6) is 0 Å². The molecule has 0 unspecified atom stereocenters. The van der Waals surface area contributed by atoms with Gasteiger partial charge in [0.25, 0.3) is 0 Å². The van der Waals surface area contributed by atoms with Crippen LogP contribution < -0.4 is 16.4 Å². The Hall–Kier alpha value is -1.92. The summed E-state index contributed by atoms with van der Waals surface area (Å²) in [6.45, 7) is 0.431. The average molecular weight is 227 g/mol. The molecule has 16 heavy (non-hydrogen) atoms. The summed E-state index contributed by atoms with van der Waals surface area (Å²) < 4.78 is 13.2. The molecule has 0 aliphatic heterocycles. The molecule has 1 amide bonds. The Bertz CT molecular complexity index is 371. The van der Waals surface area contributed by atoms with Crippen LogP contribution in [-0.2, 0) is 4.79 Å². The molecule has 0 aromatic carbocycles. The second-order valence-corrected chi connectivity index (χ2v) is 3.14. The molecule has 4 N–H and O–H groups in total. The van der Waals surface area contributed by atoms with Gasteiger partial charge in [-0.1, -0.05) is 0 Å². The predicted molar refractivity (Wildman–Crippen MR) is 58.5 cm³/mol. The van der Waals surface area contributed by atoms with Crippen LogP contribution in [-0.4, -0.2) is 29.5 Å². The van der Waals surface area contributed by atoms with Crippen molar-refractivity contribution in [2.75, 3.05) is 24.2 Å². The Morgan fingerprint density at radius 2 is 2.38 bits per heavy atom. The molecule has 0 fully saturated rings. The summed E-state index contributed by atoms with van der Waals surface area (Å²) in [5.74, 6) is -0.457. The van der Waals surface area contributed by atoms with Gasteiger partial charge < -0.3 is 16.4 Å². The Morgan fingerprint density at radius 3 is 3.00 bits per heavy atom. The second-order valence-electron chi connectivity index (χ2n) is 3.14. The van der Waals surface area contributed by atoms with E-state index >= 15 is 0 Å². The van der Waals surface area contributed by atoms with E-state index in [0.29, 0.717) is 18.9 Å². The molecule has 0 saturated heterocycles. The maximum atomic E-state index is 13.2. The lowest BCUT2D eigenvalue weighted by Gasteiger charge is -2.06. The van der Waals surface area contributed by atoms with Gasteiger partial charge in [0.15, 0.2) is 11.6 Å². The number of nitrogens with zero attached hydrogens (tertiary/aromatic N) is 2. The topological polar surface area (TPSA) is 92.9 Å². The maximum Gasteiger partial charge on any atom is 0.224 e. The van der Waals surface area contributed by atoms with Gasteiger partial charge in [-0.15, -0.1) is 0 Å². The zero-order valence-corrected chi connectivity index (χ0v) is 8.96. The van der Waals surface area contributed by atoms with Crippen LogP contribution in [0.2, 0.25) is 0 Å². The number of carbonyl (C=O) groups excluding carboxylic acids is 1. The predicted octanol–water partition coefficient (Wildman–Crippen LogP) is 0.335. The van der Waals surface area contributed by atoms with Gasteiger partial charge in [-0.25, -0.2) is 9.37 Å². The molecule has 0 atom stereocenters. The van der Waals surface area contributed by atoms with Crippen LogP contribution in [0.1, 0.15) is 12.8 Å². The van der Waals surface area contributed by atoms with E-state index in [0.717, 1.165) is 6.20 Å². The molecule has 1 aromatic rings. The molecule has 7 heteroatoms. The first-order chi connectivity index (χ1) is 7.63. The lowest BCUT2D eigenvalue weighted by Crippen LogP contribution is -2.13. The molecule has 0 saturated carbocycles. The third-order valence-electron chi connectivity index (χ3n) is 1.86. The van der Waals surface area contributed by atoms with Crippen molar-refractivity contribution in [3.8, 4) is 0 Å². The van der Waals surface area contributed by atoms with E-state index in [1.807, 2.05) is 0 Å². The summed E-state index contributed by atoms with van der Waals surface area (Å²) >= 11 is 0. The summed E-state index contributed by atoms with van der Waals surface area (Å²) in [5, 5.41) is 5.47. The summed E-state index contributed by atoms with van der Waals surface area (Å²) in [6, 6.07) is 0. The van der Waals surface area contributed by atoms with Crippen LogP contribution in [0.15, 0.2) is 6.20 Å². The molecule has 0 bridgehead atoms. The van der Waals surface area contributed by atoms with Gasteiger partial charge in [-0.3, -0.25) is 4.79 Å². The zero-order chi connectivity index (χ0) is 12.0. The Morgan fingerprint density at radius 1 is 1.62 bits per heavy atom. The highest BCUT2D eigenvalue weighted by atomic mass is 19.1. The number of hydrogen-bond donors (Lipinski definition) is 3. The van der Waals surface area contributed by atoms with E-state index < -0.39 is 5.82 Å². The molecular weight excluding hydrogens is 213 g/mol. The van der Waals surface area contributed by atoms with Gasteiger partial charge in [0, 0.05) is 20.0 Å². The Kier molecular flexibility index (Phi) is 4.43. The van der Waals surface area contributed by atoms with Crippen molar-refractivity contribution >= 4 is 17.7 Å². The van der Waals surface area contributed by atoms with E-state index in [2.05, 4.69) is 20.6 Å². The van der Waals surface area contributed by atoms with Crippen molar-refractivity contribution in [2.45, 2.75) is 12.8 Å². The smallest absolute Gasteiger partial charge is 0.224 e. The highest BCUT2D eigenvalue weighted by Crippen LogP contribution is 2.11. The van der Waals surface area contributed by atoms with Crippen molar-refractivity contribution < 1.29 is 9.18 Å². The van der Waals surface area contributed by atoms with Gasteiger partial charge in [0.2, 0.25) is 11.9 Å². The number of halogens is 1. The van der Waals surface area contributed by atoms with E-state index in [4.69, 9.17) is 5.73 Å². The van der Waals surface area contributed by atoms with Gasteiger partial charge in [0.05, 0.1) is 6.20 Å². The largest absolute Gasteiger partial charge is 0.370 e. The molecule has 1 aromatic heterocycles. The SMILES string of the molecule is CNc1ncc(F)c(NCCCC(N)=O)n1. The first-order valence-corrected chi connectivity index (χ1v) is 4.86. The van der Waals surface area contributed by atoms with Crippen LogP contribution in [0.4, 0.5) is 16.2 Å². The number of nitrogens with one attached hydrogen (secondary N) is 2. The number of amides is 1. The number of aromatic nitrogens is 2. The highest BCUT2D eigenvalue weighted by Gasteiger charge is 2.05. The quantitative estimate of drug-likeness (QED) is 0.609. The zero-order valence-electron chi connectivity index (χ0n) is 8.96. The summed E-state index contributed by atoms with van der Waals surface area (Å²) in [4.78, 5) is 18.0. The van der Waals surface area contributed by atoms with Crippen LogP contribution >= 0.6 is 0 Å². The third-order valence-corrected chi connectivity index (χ3v) is 1.86. The van der Waals surface area contributed by atoms with Crippen molar-refractivity contribution in [2.24, 2.45) is 5.73 Å². The molecule has 0 spiro atoms. The molecule has 0 aliphatic rings. The average Bonchev–Trinajstić information content (AvgIpc) is 2.26. The first-order valence-electron chi connectivity index (χ1n) is 4.86. The summed E-state index contributed by atoms with van der Waals surface area (Å²) in [6.07, 6.45) is 1.88. The molecule has 1 heterocycles. The molecule has 0 radical (unpaired) electrons. The molecule has 1 rings (SSSR count). The molecular formula is C9H14FN5O. The minimum absolute atomic E-state index is 0.115. The summed E-state index contributed by atoms with van der Waals surface area (Å²) in [7, 11) is 1.64. The maximum absolute atomic E-state index is 13.2. The number of primary amides is 1. The monoisotopic (exact) mass is 227 g/mol. The highest BCUT2D eigenvalue weighted by molar-refractivity contribution is 5.73. The first kappa shape index (κ1) is 12.2. The summed E-state index contributed by atoms with van der Waals surface area (Å²) in [5.41, 5.74) is 4.97. The van der Waals surface area contributed by atoms with Crippen molar-refractivity contribution in [1.82, 2.24) is 9.97 Å². The van der Waals surface area contributed by atoms with E-state index in [9.17, 15) is 9.18 Å². The van der Waals surface area contributed by atoms with E-state index in [1.165, 1.54) is 0 Å². The standard InChI is InChI=1S/C9H14FN5O/c1-12-9-14-5-6(10)8(15-9)13-4-2-3-7(11)16/h5H,2-4H2,1H3,(H2,11,16)(H2,12,13,14,15). The number of hydrogen-bond acceptors (Lipinski definition) is 5. The minimum atomic E-state index is -0.530. The van der Waals surface area contributed by atoms with Gasteiger partial charge in [-0.2, -0.15) is 4.98 Å². The number of anilines is 2. The Balaban J connectivity index is 2.49. The number of nitrogens with two attached hydrogens (primary N) is 1. The fraction of sp³-hybridized carbons (Fsp3) is 0.444.